The van der Waals surface area contributed by atoms with E-state index in [4.69, 9.17) is 5.73 Å². The van der Waals surface area contributed by atoms with E-state index in [-0.39, 0.29) is 0 Å². The maximum Gasteiger partial charge on any atom is 0.0123 e. The summed E-state index contributed by atoms with van der Waals surface area (Å²) in [7, 11) is 0. The van der Waals surface area contributed by atoms with Gasteiger partial charge in [0.25, 0.3) is 0 Å². The van der Waals surface area contributed by atoms with Gasteiger partial charge >= 0.3 is 0 Å². The predicted molar refractivity (Wildman–Crippen MR) is 78.6 cm³/mol. The van der Waals surface area contributed by atoms with E-state index in [2.05, 4.69) is 18.7 Å². The predicted octanol–water partition coefficient (Wildman–Crippen LogP) is 3.41. The summed E-state index contributed by atoms with van der Waals surface area (Å²) in [6, 6.07) is 0.925. The number of piperidine rings is 1. The lowest BCUT2D eigenvalue weighted by atomic mass is 9.78. The summed E-state index contributed by atoms with van der Waals surface area (Å²) in [5.74, 6) is 1.02. The summed E-state index contributed by atoms with van der Waals surface area (Å²) in [5.41, 5.74) is 6.15. The molecule has 2 N–H and O–H groups in total. The lowest BCUT2D eigenvalue weighted by Gasteiger charge is -2.44. The van der Waals surface area contributed by atoms with Crippen LogP contribution in [0.4, 0.5) is 0 Å². The van der Waals surface area contributed by atoms with Gasteiger partial charge in [-0.15, -0.1) is 0 Å². The molecule has 0 radical (unpaired) electrons. The zero-order valence-electron chi connectivity index (χ0n) is 12.5. The molecule has 1 saturated carbocycles. The standard InChI is InChI=1S/C16H32N2/c1-16(2,13-17)10-6-12-18-11-5-8-14-7-3-4-9-15(14)18/h14-15H,3-13,17H2,1-2H3. The molecule has 2 heteroatoms. The summed E-state index contributed by atoms with van der Waals surface area (Å²) >= 11 is 0. The second-order valence-corrected chi connectivity index (χ2v) is 7.26. The number of nitrogens with zero attached hydrogens (tertiary/aromatic N) is 1. The largest absolute Gasteiger partial charge is 0.330 e. The molecule has 0 bridgehead atoms. The van der Waals surface area contributed by atoms with Crippen LogP contribution in [0.2, 0.25) is 0 Å². The van der Waals surface area contributed by atoms with Crippen LogP contribution in [-0.2, 0) is 0 Å². The zero-order valence-corrected chi connectivity index (χ0v) is 12.5. The highest BCUT2D eigenvalue weighted by Crippen LogP contribution is 2.35. The van der Waals surface area contributed by atoms with Crippen molar-refractivity contribution in [2.24, 2.45) is 17.1 Å². The van der Waals surface area contributed by atoms with E-state index in [1.807, 2.05) is 0 Å². The smallest absolute Gasteiger partial charge is 0.0123 e. The molecule has 1 heterocycles. The molecule has 2 rings (SSSR count). The van der Waals surface area contributed by atoms with Crippen molar-refractivity contribution in [1.29, 1.82) is 0 Å². The Morgan fingerprint density at radius 1 is 1.11 bits per heavy atom. The monoisotopic (exact) mass is 252 g/mol. The van der Waals surface area contributed by atoms with Crippen LogP contribution >= 0.6 is 0 Å². The SMILES string of the molecule is CC(C)(CN)CCCN1CCCC2CCCCC21. The van der Waals surface area contributed by atoms with Crippen molar-refractivity contribution < 1.29 is 0 Å². The molecule has 0 aromatic heterocycles. The first-order chi connectivity index (χ1) is 8.62. The van der Waals surface area contributed by atoms with Crippen molar-refractivity contribution >= 4 is 0 Å². The number of nitrogens with two attached hydrogens (primary N) is 1. The third-order valence-corrected chi connectivity index (χ3v) is 5.21. The van der Waals surface area contributed by atoms with Gasteiger partial charge in [-0.2, -0.15) is 0 Å². The van der Waals surface area contributed by atoms with Crippen LogP contribution in [0.1, 0.15) is 65.2 Å². The van der Waals surface area contributed by atoms with Gasteiger partial charge in [0.05, 0.1) is 0 Å². The Labute approximate surface area is 113 Å². The maximum atomic E-state index is 5.82. The molecule has 1 saturated heterocycles. The molecule has 2 fully saturated rings. The van der Waals surface area contributed by atoms with Crippen molar-refractivity contribution in [1.82, 2.24) is 4.90 Å². The Hall–Kier alpha value is -0.0800. The second-order valence-electron chi connectivity index (χ2n) is 7.26. The van der Waals surface area contributed by atoms with Gasteiger partial charge in [0.1, 0.15) is 0 Å². The van der Waals surface area contributed by atoms with Crippen LogP contribution in [-0.4, -0.2) is 30.6 Å². The van der Waals surface area contributed by atoms with Gasteiger partial charge in [0.15, 0.2) is 0 Å². The average Bonchev–Trinajstić information content (AvgIpc) is 2.39. The molecular formula is C16H32N2. The molecule has 0 aromatic rings. The maximum absolute atomic E-state index is 5.82. The molecule has 2 unspecified atom stereocenters. The van der Waals surface area contributed by atoms with Crippen LogP contribution in [0.15, 0.2) is 0 Å². The third-order valence-electron chi connectivity index (χ3n) is 5.21. The summed E-state index contributed by atoms with van der Waals surface area (Å²) < 4.78 is 0. The molecule has 2 atom stereocenters. The van der Waals surface area contributed by atoms with Crippen molar-refractivity contribution in [3.63, 3.8) is 0 Å². The molecule has 106 valence electrons. The van der Waals surface area contributed by atoms with Gasteiger partial charge in [-0.1, -0.05) is 26.7 Å². The molecule has 1 aliphatic carbocycles. The van der Waals surface area contributed by atoms with Crippen LogP contribution in [0.5, 0.6) is 0 Å². The highest BCUT2D eigenvalue weighted by Gasteiger charge is 2.32. The van der Waals surface area contributed by atoms with Gasteiger partial charge in [-0.25, -0.2) is 0 Å². The fourth-order valence-corrected chi connectivity index (χ4v) is 3.87. The van der Waals surface area contributed by atoms with E-state index in [0.29, 0.717) is 5.41 Å². The minimum Gasteiger partial charge on any atom is -0.330 e. The molecule has 0 aromatic carbocycles. The quantitative estimate of drug-likeness (QED) is 0.812. The number of hydrogen-bond donors (Lipinski definition) is 1. The number of fused-ring (bicyclic) bond motifs is 1. The van der Waals surface area contributed by atoms with Gasteiger partial charge in [0, 0.05) is 6.04 Å². The van der Waals surface area contributed by atoms with Crippen LogP contribution in [0.3, 0.4) is 0 Å². The Kier molecular flexibility index (Phi) is 5.08. The van der Waals surface area contributed by atoms with Crippen LogP contribution in [0, 0.1) is 11.3 Å². The number of rotatable bonds is 5. The molecule has 1 aliphatic heterocycles. The average molecular weight is 252 g/mol. The minimum absolute atomic E-state index is 0.335. The molecule has 18 heavy (non-hydrogen) atoms. The van der Waals surface area contributed by atoms with Crippen molar-refractivity contribution in [2.45, 2.75) is 71.3 Å². The van der Waals surface area contributed by atoms with E-state index in [9.17, 15) is 0 Å². The zero-order chi connectivity index (χ0) is 13.0. The molecular weight excluding hydrogens is 220 g/mol. The molecule has 0 amide bonds. The number of likely N-dealkylation sites (tertiary alicyclic amines) is 1. The Balaban J connectivity index is 1.77. The van der Waals surface area contributed by atoms with Crippen LogP contribution < -0.4 is 5.73 Å². The first-order valence-corrected chi connectivity index (χ1v) is 8.06. The van der Waals surface area contributed by atoms with Crippen molar-refractivity contribution in [2.75, 3.05) is 19.6 Å². The highest BCUT2D eigenvalue weighted by atomic mass is 15.2. The van der Waals surface area contributed by atoms with Crippen LogP contribution in [0.25, 0.3) is 0 Å². The fourth-order valence-electron chi connectivity index (χ4n) is 3.87. The molecule has 2 nitrogen and oxygen atoms in total. The summed E-state index contributed by atoms with van der Waals surface area (Å²) in [6.45, 7) is 8.08. The summed E-state index contributed by atoms with van der Waals surface area (Å²) in [6.07, 6.45) is 11.4. The third kappa shape index (κ3) is 3.71. The van der Waals surface area contributed by atoms with Gasteiger partial charge in [0.2, 0.25) is 0 Å². The first kappa shape index (κ1) is 14.3. The topological polar surface area (TPSA) is 29.3 Å². The van der Waals surface area contributed by atoms with E-state index in [0.717, 1.165) is 18.5 Å². The van der Waals surface area contributed by atoms with Gasteiger partial charge in [-0.05, 0) is 69.5 Å². The van der Waals surface area contributed by atoms with Crippen molar-refractivity contribution in [3.05, 3.63) is 0 Å². The highest BCUT2D eigenvalue weighted by molar-refractivity contribution is 4.87. The Morgan fingerprint density at radius 2 is 1.83 bits per heavy atom. The number of hydrogen-bond acceptors (Lipinski definition) is 2. The molecule has 2 aliphatic rings. The summed E-state index contributed by atoms with van der Waals surface area (Å²) in [4.78, 5) is 2.81. The lowest BCUT2D eigenvalue weighted by molar-refractivity contribution is 0.0573. The van der Waals surface area contributed by atoms with E-state index >= 15 is 0 Å². The van der Waals surface area contributed by atoms with E-state index in [1.54, 1.807) is 0 Å². The van der Waals surface area contributed by atoms with Crippen molar-refractivity contribution in [3.8, 4) is 0 Å². The second kappa shape index (κ2) is 6.38. The minimum atomic E-state index is 0.335. The van der Waals surface area contributed by atoms with E-state index in [1.165, 1.54) is 64.5 Å². The molecule has 0 spiro atoms. The fraction of sp³-hybridized carbons (Fsp3) is 1.00. The Morgan fingerprint density at radius 3 is 2.61 bits per heavy atom. The van der Waals surface area contributed by atoms with E-state index < -0.39 is 0 Å². The Bertz CT molecular complexity index is 247. The summed E-state index contributed by atoms with van der Waals surface area (Å²) in [5, 5.41) is 0. The van der Waals surface area contributed by atoms with Gasteiger partial charge in [-0.3, -0.25) is 0 Å². The normalized spacial score (nSPS) is 30.2. The van der Waals surface area contributed by atoms with Gasteiger partial charge < -0.3 is 10.6 Å². The first-order valence-electron chi connectivity index (χ1n) is 8.06. The lowest BCUT2D eigenvalue weighted by Crippen LogP contribution is -2.47.